The van der Waals surface area contributed by atoms with Crippen molar-refractivity contribution in [3.63, 3.8) is 0 Å². The van der Waals surface area contributed by atoms with Crippen LogP contribution < -0.4 is 9.80 Å². The maximum Gasteiger partial charge on any atom is 0.111 e. The molecule has 0 saturated heterocycles. The molecule has 2 aliphatic heterocycles. The molecular formula is C26H28N2. The van der Waals surface area contributed by atoms with E-state index < -0.39 is 0 Å². The predicted octanol–water partition coefficient (Wildman–Crippen LogP) is 7.15. The zero-order valence-corrected chi connectivity index (χ0v) is 16.8. The second-order valence-corrected chi connectivity index (χ2v) is 8.09. The quantitative estimate of drug-likeness (QED) is 0.484. The van der Waals surface area contributed by atoms with Crippen molar-refractivity contribution >= 4 is 22.7 Å². The molecule has 0 amide bonds. The van der Waals surface area contributed by atoms with Crippen LogP contribution in [0.3, 0.4) is 0 Å². The van der Waals surface area contributed by atoms with Crippen LogP contribution in [0.5, 0.6) is 0 Å². The molecule has 0 fully saturated rings. The number of nitrogens with zero attached hydrogens (tertiary/aromatic N) is 2. The van der Waals surface area contributed by atoms with Gasteiger partial charge in [-0.25, -0.2) is 0 Å². The molecule has 5 rings (SSSR count). The summed E-state index contributed by atoms with van der Waals surface area (Å²) in [6.07, 6.45) is 5.07. The van der Waals surface area contributed by atoms with Crippen molar-refractivity contribution in [2.75, 3.05) is 9.80 Å². The highest BCUT2D eigenvalue weighted by molar-refractivity contribution is 5.89. The normalized spacial score (nSPS) is 19.6. The van der Waals surface area contributed by atoms with E-state index in [0.717, 1.165) is 6.42 Å². The van der Waals surface area contributed by atoms with Gasteiger partial charge in [-0.2, -0.15) is 0 Å². The summed E-state index contributed by atoms with van der Waals surface area (Å²) in [5, 5.41) is 0. The van der Waals surface area contributed by atoms with Gasteiger partial charge >= 0.3 is 0 Å². The van der Waals surface area contributed by atoms with Crippen LogP contribution in [0.25, 0.3) is 0 Å². The summed E-state index contributed by atoms with van der Waals surface area (Å²) >= 11 is 0. The van der Waals surface area contributed by atoms with E-state index in [2.05, 4.69) is 103 Å². The third kappa shape index (κ3) is 2.40. The van der Waals surface area contributed by atoms with Gasteiger partial charge < -0.3 is 9.80 Å². The number of rotatable bonds is 3. The molecule has 2 heterocycles. The smallest absolute Gasteiger partial charge is 0.111 e. The minimum absolute atomic E-state index is 0.262. The summed E-state index contributed by atoms with van der Waals surface area (Å²) in [5.74, 6) is 0. The Hall–Kier alpha value is -2.74. The number of anilines is 4. The van der Waals surface area contributed by atoms with Crippen molar-refractivity contribution in [1.82, 2.24) is 0 Å². The van der Waals surface area contributed by atoms with Crippen molar-refractivity contribution < 1.29 is 0 Å². The van der Waals surface area contributed by atoms with Crippen LogP contribution in [0.4, 0.5) is 22.7 Å². The van der Waals surface area contributed by atoms with Crippen molar-refractivity contribution in [2.45, 2.75) is 51.1 Å². The molecule has 0 aliphatic carbocycles. The molecule has 1 atom stereocenters. The van der Waals surface area contributed by atoms with Gasteiger partial charge in [0.1, 0.15) is 6.17 Å². The predicted molar refractivity (Wildman–Crippen MR) is 119 cm³/mol. The SMILES string of the molecule is CCC1(CC)CCC2N(c3ccccc3)c3ccccc3N2c2ccccc21. The Morgan fingerprint density at radius 1 is 0.714 bits per heavy atom. The Kier molecular flexibility index (Phi) is 4.16. The molecule has 2 aliphatic rings. The fraction of sp³-hybridized carbons (Fsp3) is 0.308. The average molecular weight is 369 g/mol. The van der Waals surface area contributed by atoms with E-state index in [0.29, 0.717) is 6.17 Å². The number of hydrogen-bond acceptors (Lipinski definition) is 2. The molecule has 1 unspecified atom stereocenters. The molecule has 28 heavy (non-hydrogen) atoms. The van der Waals surface area contributed by atoms with Crippen LogP contribution in [0.15, 0.2) is 78.9 Å². The molecule has 0 bridgehead atoms. The molecule has 0 aromatic heterocycles. The number of benzene rings is 3. The van der Waals surface area contributed by atoms with E-state index in [1.165, 1.54) is 47.6 Å². The summed E-state index contributed by atoms with van der Waals surface area (Å²) in [4.78, 5) is 5.15. The van der Waals surface area contributed by atoms with Crippen molar-refractivity contribution in [3.05, 3.63) is 84.4 Å². The lowest BCUT2D eigenvalue weighted by molar-refractivity contribution is 0.354. The van der Waals surface area contributed by atoms with Gasteiger partial charge in [0.2, 0.25) is 0 Å². The van der Waals surface area contributed by atoms with Crippen molar-refractivity contribution in [3.8, 4) is 0 Å². The van der Waals surface area contributed by atoms with E-state index >= 15 is 0 Å². The van der Waals surface area contributed by atoms with Crippen molar-refractivity contribution in [2.24, 2.45) is 0 Å². The van der Waals surface area contributed by atoms with E-state index in [9.17, 15) is 0 Å². The lowest BCUT2D eigenvalue weighted by Gasteiger charge is -2.33. The molecule has 3 aromatic rings. The number of fused-ring (bicyclic) bond motifs is 5. The molecule has 0 spiro atoms. The van der Waals surface area contributed by atoms with Gasteiger partial charge in [0, 0.05) is 11.4 Å². The first-order chi connectivity index (χ1) is 13.8. The first-order valence-electron chi connectivity index (χ1n) is 10.6. The van der Waals surface area contributed by atoms with Crippen LogP contribution in [-0.4, -0.2) is 6.17 Å². The van der Waals surface area contributed by atoms with Crippen molar-refractivity contribution in [1.29, 1.82) is 0 Å². The lowest BCUT2D eigenvalue weighted by atomic mass is 9.72. The lowest BCUT2D eigenvalue weighted by Crippen LogP contribution is -2.37. The minimum Gasteiger partial charge on any atom is -0.318 e. The third-order valence-electron chi connectivity index (χ3n) is 7.00. The molecule has 0 radical (unpaired) electrons. The zero-order valence-electron chi connectivity index (χ0n) is 16.8. The van der Waals surface area contributed by atoms with Gasteiger partial charge in [-0.1, -0.05) is 62.4 Å². The standard InChI is InChI=1S/C26H28N2/c1-3-26(4-2)19-18-25-27(20-12-6-5-7-13-20)23-16-10-11-17-24(23)28(25)22-15-9-8-14-21(22)26/h5-17,25H,3-4,18-19H2,1-2H3. The second kappa shape index (κ2) is 6.70. The van der Waals surface area contributed by atoms with Gasteiger partial charge in [0.15, 0.2) is 0 Å². The Morgan fingerprint density at radius 3 is 1.96 bits per heavy atom. The van der Waals surface area contributed by atoms with Crippen LogP contribution in [0.2, 0.25) is 0 Å². The Morgan fingerprint density at radius 2 is 1.29 bits per heavy atom. The average Bonchev–Trinajstić information content (AvgIpc) is 3.02. The van der Waals surface area contributed by atoms with Crippen LogP contribution in [0.1, 0.15) is 45.1 Å². The molecular weight excluding hydrogens is 340 g/mol. The topological polar surface area (TPSA) is 6.48 Å². The Labute approximate surface area is 168 Å². The van der Waals surface area contributed by atoms with Crippen LogP contribution in [-0.2, 0) is 5.41 Å². The monoisotopic (exact) mass is 368 g/mol. The minimum atomic E-state index is 0.262. The fourth-order valence-corrected chi connectivity index (χ4v) is 5.41. The van der Waals surface area contributed by atoms with E-state index in [1.54, 1.807) is 0 Å². The Bertz CT molecular complexity index is 974. The molecule has 2 heteroatoms. The molecule has 3 aromatic carbocycles. The van der Waals surface area contributed by atoms with Gasteiger partial charge in [0.25, 0.3) is 0 Å². The number of para-hydroxylation sites is 4. The van der Waals surface area contributed by atoms with E-state index in [1.807, 2.05) is 0 Å². The van der Waals surface area contributed by atoms with Crippen LogP contribution in [0, 0.1) is 0 Å². The molecule has 0 N–H and O–H groups in total. The van der Waals surface area contributed by atoms with Gasteiger partial charge in [0.05, 0.1) is 11.4 Å². The van der Waals surface area contributed by atoms with E-state index in [-0.39, 0.29) is 5.41 Å². The second-order valence-electron chi connectivity index (χ2n) is 8.09. The van der Waals surface area contributed by atoms with E-state index in [4.69, 9.17) is 0 Å². The summed E-state index contributed by atoms with van der Waals surface area (Å²) in [5.41, 5.74) is 7.09. The van der Waals surface area contributed by atoms with Crippen LogP contribution >= 0.6 is 0 Å². The first-order valence-corrected chi connectivity index (χ1v) is 10.6. The highest BCUT2D eigenvalue weighted by Crippen LogP contribution is 2.54. The third-order valence-corrected chi connectivity index (χ3v) is 7.00. The molecule has 142 valence electrons. The Balaban J connectivity index is 1.75. The maximum absolute atomic E-state index is 2.60. The zero-order chi connectivity index (χ0) is 19.1. The summed E-state index contributed by atoms with van der Waals surface area (Å²) in [7, 11) is 0. The molecule has 0 saturated carbocycles. The summed E-state index contributed by atoms with van der Waals surface area (Å²) in [6.45, 7) is 4.72. The first kappa shape index (κ1) is 17.4. The highest BCUT2D eigenvalue weighted by Gasteiger charge is 2.44. The summed E-state index contributed by atoms with van der Waals surface area (Å²) in [6, 6.07) is 28.9. The van der Waals surface area contributed by atoms with Gasteiger partial charge in [-0.15, -0.1) is 0 Å². The highest BCUT2D eigenvalue weighted by atomic mass is 15.4. The fourth-order valence-electron chi connectivity index (χ4n) is 5.41. The maximum atomic E-state index is 2.60. The molecule has 2 nitrogen and oxygen atoms in total. The van der Waals surface area contributed by atoms with Gasteiger partial charge in [-0.05, 0) is 67.0 Å². The largest absolute Gasteiger partial charge is 0.318 e. The summed E-state index contributed by atoms with van der Waals surface area (Å²) < 4.78 is 0. The van der Waals surface area contributed by atoms with Gasteiger partial charge in [-0.3, -0.25) is 0 Å². The number of hydrogen-bond donors (Lipinski definition) is 0.